The summed E-state index contributed by atoms with van der Waals surface area (Å²) in [7, 11) is 1.73. The normalized spacial score (nSPS) is 16.8. The molecule has 2 rings (SSSR count). The quantitative estimate of drug-likeness (QED) is 0.861. The molecule has 1 aromatic rings. The van der Waals surface area contributed by atoms with Gasteiger partial charge in [-0.2, -0.15) is 4.37 Å². The van der Waals surface area contributed by atoms with Crippen molar-refractivity contribution in [2.75, 3.05) is 25.5 Å². The summed E-state index contributed by atoms with van der Waals surface area (Å²) in [5, 5.41) is 3.60. The molecule has 0 aromatic carbocycles. The van der Waals surface area contributed by atoms with Gasteiger partial charge >= 0.3 is 5.97 Å². The molecule has 122 valence electrons. The molecule has 1 N–H and O–H groups in total. The lowest BCUT2D eigenvalue weighted by molar-refractivity contribution is -0.139. The van der Waals surface area contributed by atoms with Crippen molar-refractivity contribution in [1.29, 1.82) is 0 Å². The number of esters is 1. The van der Waals surface area contributed by atoms with Gasteiger partial charge in [0.15, 0.2) is 6.10 Å². The summed E-state index contributed by atoms with van der Waals surface area (Å²) in [5.74, 6) is -0.603. The van der Waals surface area contributed by atoms with E-state index in [1.165, 1.54) is 11.5 Å². The van der Waals surface area contributed by atoms with Gasteiger partial charge in [0.25, 0.3) is 5.91 Å². The van der Waals surface area contributed by atoms with Crippen LogP contribution in [0.3, 0.4) is 0 Å². The SMILES string of the molecule is CNc1snc(C)c1C(=O)O[C@@H](C)C(=O)N1CCCCCC1. The van der Waals surface area contributed by atoms with Crippen molar-refractivity contribution in [1.82, 2.24) is 9.27 Å². The Hall–Kier alpha value is -1.63. The molecule has 1 atom stereocenters. The maximum Gasteiger partial charge on any atom is 0.343 e. The van der Waals surface area contributed by atoms with E-state index in [1.807, 2.05) is 4.90 Å². The largest absolute Gasteiger partial charge is 0.449 e. The molecule has 0 saturated carbocycles. The van der Waals surface area contributed by atoms with Gasteiger partial charge in [-0.25, -0.2) is 4.79 Å². The molecule has 22 heavy (non-hydrogen) atoms. The van der Waals surface area contributed by atoms with Crippen molar-refractivity contribution in [2.45, 2.75) is 45.6 Å². The van der Waals surface area contributed by atoms with E-state index in [4.69, 9.17) is 4.74 Å². The summed E-state index contributed by atoms with van der Waals surface area (Å²) in [6.07, 6.45) is 3.58. The van der Waals surface area contributed by atoms with Crippen molar-refractivity contribution in [3.63, 3.8) is 0 Å². The van der Waals surface area contributed by atoms with Gasteiger partial charge in [0, 0.05) is 20.1 Å². The van der Waals surface area contributed by atoms with Gasteiger partial charge < -0.3 is 15.0 Å². The van der Waals surface area contributed by atoms with Crippen LogP contribution in [0.1, 0.15) is 48.7 Å². The molecule has 1 amide bonds. The zero-order valence-corrected chi connectivity index (χ0v) is 14.2. The van der Waals surface area contributed by atoms with Crippen molar-refractivity contribution in [3.05, 3.63) is 11.3 Å². The maximum atomic E-state index is 12.4. The molecule has 6 nitrogen and oxygen atoms in total. The molecule has 0 bridgehead atoms. The van der Waals surface area contributed by atoms with Crippen LogP contribution in [0.25, 0.3) is 0 Å². The number of aromatic nitrogens is 1. The number of nitrogens with zero attached hydrogens (tertiary/aromatic N) is 2. The van der Waals surface area contributed by atoms with Gasteiger partial charge in [-0.1, -0.05) is 12.8 Å². The molecule has 1 aromatic heterocycles. The zero-order valence-electron chi connectivity index (χ0n) is 13.3. The first kappa shape index (κ1) is 16.7. The number of anilines is 1. The molecule has 2 heterocycles. The van der Waals surface area contributed by atoms with Crippen LogP contribution in [0, 0.1) is 6.92 Å². The number of likely N-dealkylation sites (tertiary alicyclic amines) is 1. The highest BCUT2D eigenvalue weighted by atomic mass is 32.1. The zero-order chi connectivity index (χ0) is 16.1. The molecule has 1 saturated heterocycles. The Morgan fingerprint density at radius 3 is 2.50 bits per heavy atom. The van der Waals surface area contributed by atoms with Crippen LogP contribution in [-0.4, -0.2) is 47.4 Å². The Morgan fingerprint density at radius 1 is 1.27 bits per heavy atom. The number of amides is 1. The van der Waals surface area contributed by atoms with Crippen LogP contribution >= 0.6 is 11.5 Å². The smallest absolute Gasteiger partial charge is 0.343 e. The number of aryl methyl sites for hydroxylation is 1. The third kappa shape index (κ3) is 3.76. The molecular formula is C15H23N3O3S. The summed E-state index contributed by atoms with van der Waals surface area (Å²) in [6, 6.07) is 0. The fourth-order valence-electron chi connectivity index (χ4n) is 2.60. The minimum Gasteiger partial charge on any atom is -0.449 e. The number of carbonyl (C=O) groups is 2. The van der Waals surface area contributed by atoms with Crippen LogP contribution in [0.4, 0.5) is 5.00 Å². The van der Waals surface area contributed by atoms with Gasteiger partial charge in [0.05, 0.1) is 5.69 Å². The fraction of sp³-hybridized carbons (Fsp3) is 0.667. The summed E-state index contributed by atoms with van der Waals surface area (Å²) in [6.45, 7) is 4.90. The number of nitrogens with one attached hydrogen (secondary N) is 1. The third-order valence-corrected chi connectivity index (χ3v) is 4.80. The average molecular weight is 325 g/mol. The lowest BCUT2D eigenvalue weighted by atomic mass is 10.2. The number of hydrogen-bond donors (Lipinski definition) is 1. The van der Waals surface area contributed by atoms with E-state index in [9.17, 15) is 9.59 Å². The topological polar surface area (TPSA) is 71.5 Å². The molecule has 1 aliphatic heterocycles. The van der Waals surface area contributed by atoms with E-state index in [1.54, 1.807) is 20.9 Å². The van der Waals surface area contributed by atoms with E-state index in [2.05, 4.69) is 9.69 Å². The lowest BCUT2D eigenvalue weighted by Crippen LogP contribution is -2.40. The number of rotatable bonds is 4. The van der Waals surface area contributed by atoms with E-state index < -0.39 is 12.1 Å². The van der Waals surface area contributed by atoms with Crippen molar-refractivity contribution >= 4 is 28.4 Å². The summed E-state index contributed by atoms with van der Waals surface area (Å²) in [4.78, 5) is 26.5. The molecule has 0 radical (unpaired) electrons. The van der Waals surface area contributed by atoms with Crippen LogP contribution < -0.4 is 5.32 Å². The Balaban J connectivity index is 2.01. The highest BCUT2D eigenvalue weighted by molar-refractivity contribution is 7.10. The Morgan fingerprint density at radius 2 is 1.91 bits per heavy atom. The van der Waals surface area contributed by atoms with E-state index in [0.29, 0.717) is 16.3 Å². The number of hydrogen-bond acceptors (Lipinski definition) is 6. The highest BCUT2D eigenvalue weighted by Gasteiger charge is 2.27. The second-order valence-corrected chi connectivity index (χ2v) is 6.28. The first-order chi connectivity index (χ1) is 10.5. The van der Waals surface area contributed by atoms with Gasteiger partial charge in [-0.3, -0.25) is 4.79 Å². The highest BCUT2D eigenvalue weighted by Crippen LogP contribution is 2.25. The molecule has 7 heteroatoms. The van der Waals surface area contributed by atoms with Gasteiger partial charge in [-0.05, 0) is 38.2 Å². The first-order valence-corrected chi connectivity index (χ1v) is 8.45. The van der Waals surface area contributed by atoms with E-state index >= 15 is 0 Å². The molecule has 0 unspecified atom stereocenters. The third-order valence-electron chi connectivity index (χ3n) is 3.84. The second kappa shape index (κ2) is 7.58. The molecule has 1 aliphatic rings. The van der Waals surface area contributed by atoms with Crippen LogP contribution in [0.2, 0.25) is 0 Å². The van der Waals surface area contributed by atoms with Crippen molar-refractivity contribution in [3.8, 4) is 0 Å². The van der Waals surface area contributed by atoms with Crippen LogP contribution in [0.5, 0.6) is 0 Å². The van der Waals surface area contributed by atoms with E-state index in [0.717, 1.165) is 38.8 Å². The Labute approximate surface area is 135 Å². The minimum absolute atomic E-state index is 0.109. The van der Waals surface area contributed by atoms with Crippen LogP contribution in [0.15, 0.2) is 0 Å². The summed E-state index contributed by atoms with van der Waals surface area (Å²) < 4.78 is 9.52. The predicted octanol–water partition coefficient (Wildman–Crippen LogP) is 2.44. The maximum absolute atomic E-state index is 12.4. The van der Waals surface area contributed by atoms with Crippen LogP contribution in [-0.2, 0) is 9.53 Å². The Bertz CT molecular complexity index is 536. The molecule has 0 spiro atoms. The summed E-state index contributed by atoms with van der Waals surface area (Å²) in [5.41, 5.74) is 1.04. The van der Waals surface area contributed by atoms with Gasteiger partial charge in [0.1, 0.15) is 10.6 Å². The minimum atomic E-state index is -0.769. The molecule has 1 fully saturated rings. The van der Waals surface area contributed by atoms with E-state index in [-0.39, 0.29) is 5.91 Å². The molecule has 0 aliphatic carbocycles. The summed E-state index contributed by atoms with van der Waals surface area (Å²) >= 11 is 1.21. The fourth-order valence-corrected chi connectivity index (χ4v) is 3.33. The molecular weight excluding hydrogens is 302 g/mol. The van der Waals surface area contributed by atoms with Gasteiger partial charge in [-0.15, -0.1) is 0 Å². The first-order valence-electron chi connectivity index (χ1n) is 7.68. The predicted molar refractivity (Wildman–Crippen MR) is 86.3 cm³/mol. The average Bonchev–Trinajstić information content (AvgIpc) is 2.71. The second-order valence-electron chi connectivity index (χ2n) is 5.51. The van der Waals surface area contributed by atoms with Crippen molar-refractivity contribution < 1.29 is 14.3 Å². The Kier molecular flexibility index (Phi) is 5.76. The monoisotopic (exact) mass is 325 g/mol. The number of carbonyl (C=O) groups excluding carboxylic acids is 2. The standard InChI is InChI=1S/C15H23N3O3S/c1-10-12(13(16-3)22-17-10)15(20)21-11(2)14(19)18-8-6-4-5-7-9-18/h11,16H,4-9H2,1-3H3/t11-/m0/s1. The van der Waals surface area contributed by atoms with Gasteiger partial charge in [0.2, 0.25) is 0 Å². The lowest BCUT2D eigenvalue weighted by Gasteiger charge is -2.24. The van der Waals surface area contributed by atoms with Crippen molar-refractivity contribution in [2.24, 2.45) is 0 Å². The number of ether oxygens (including phenoxy) is 1.